The number of halogens is 1. The van der Waals surface area contributed by atoms with E-state index in [-0.39, 0.29) is 24.3 Å². The monoisotopic (exact) mass is 356 g/mol. The third kappa shape index (κ3) is 4.81. The molecule has 1 aromatic carbocycles. The van der Waals surface area contributed by atoms with Gasteiger partial charge in [-0.05, 0) is 49.9 Å². The van der Waals surface area contributed by atoms with E-state index in [4.69, 9.17) is 4.74 Å². The topological polar surface area (TPSA) is 51.2 Å². The van der Waals surface area contributed by atoms with E-state index in [1.165, 1.54) is 38.2 Å². The normalized spacial score (nSPS) is 16.1. The minimum absolute atomic E-state index is 0.0999. The first-order chi connectivity index (χ1) is 12.6. The molecule has 1 fully saturated rings. The second kappa shape index (κ2) is 8.79. The van der Waals surface area contributed by atoms with E-state index in [0.717, 1.165) is 0 Å². The number of rotatable bonds is 6. The highest BCUT2D eigenvalue weighted by Crippen LogP contribution is 2.26. The number of nitrogens with one attached hydrogen (secondary N) is 1. The highest BCUT2D eigenvalue weighted by molar-refractivity contribution is 5.94. The van der Waals surface area contributed by atoms with Crippen LogP contribution >= 0.6 is 0 Å². The van der Waals surface area contributed by atoms with E-state index in [1.807, 2.05) is 0 Å². The Kier molecular flexibility index (Phi) is 6.21. The second-order valence-electron chi connectivity index (χ2n) is 6.92. The molecule has 4 nitrogen and oxygen atoms in total. The molecular weight excluding hydrogens is 331 g/mol. The van der Waals surface area contributed by atoms with E-state index in [9.17, 15) is 9.18 Å². The molecule has 0 radical (unpaired) electrons. The van der Waals surface area contributed by atoms with E-state index in [0.29, 0.717) is 17.2 Å². The van der Waals surface area contributed by atoms with Crippen LogP contribution in [0.4, 0.5) is 4.39 Å². The van der Waals surface area contributed by atoms with Gasteiger partial charge in [0.2, 0.25) is 0 Å². The van der Waals surface area contributed by atoms with Gasteiger partial charge in [-0.15, -0.1) is 0 Å². The van der Waals surface area contributed by atoms with Gasteiger partial charge in [0.15, 0.2) is 11.6 Å². The Morgan fingerprint density at radius 1 is 1.23 bits per heavy atom. The number of pyridine rings is 1. The Bertz CT molecular complexity index is 727. The van der Waals surface area contributed by atoms with Gasteiger partial charge in [-0.2, -0.15) is 0 Å². The predicted octanol–water partition coefficient (Wildman–Crippen LogP) is 4.50. The minimum atomic E-state index is -0.403. The fourth-order valence-corrected chi connectivity index (χ4v) is 3.40. The third-order valence-corrected chi connectivity index (χ3v) is 5.01. The quantitative estimate of drug-likeness (QED) is 0.829. The number of nitrogens with zero attached hydrogens (tertiary/aromatic N) is 1. The number of hydrogen-bond donors (Lipinski definition) is 1. The Morgan fingerprint density at radius 2 is 2.00 bits per heavy atom. The van der Waals surface area contributed by atoms with Crippen molar-refractivity contribution in [2.75, 3.05) is 0 Å². The van der Waals surface area contributed by atoms with Crippen LogP contribution in [0.3, 0.4) is 0 Å². The molecule has 26 heavy (non-hydrogen) atoms. The molecule has 0 bridgehead atoms. The zero-order chi connectivity index (χ0) is 18.4. The van der Waals surface area contributed by atoms with Crippen LogP contribution in [-0.2, 0) is 6.61 Å². The molecule has 138 valence electrons. The highest BCUT2D eigenvalue weighted by Gasteiger charge is 2.21. The van der Waals surface area contributed by atoms with Crippen molar-refractivity contribution in [2.45, 2.75) is 51.7 Å². The SMILES string of the molecule is CC(NC(=O)c1ccc(COc2ccccc2F)nc1)C1CCCCC1. The van der Waals surface area contributed by atoms with Crippen molar-refractivity contribution in [1.82, 2.24) is 10.3 Å². The average Bonchev–Trinajstić information content (AvgIpc) is 2.68. The zero-order valence-electron chi connectivity index (χ0n) is 15.1. The first-order valence-electron chi connectivity index (χ1n) is 9.26. The van der Waals surface area contributed by atoms with Crippen LogP contribution < -0.4 is 10.1 Å². The van der Waals surface area contributed by atoms with Gasteiger partial charge >= 0.3 is 0 Å². The van der Waals surface area contributed by atoms with Crippen LogP contribution in [0, 0.1) is 11.7 Å². The molecule has 3 rings (SSSR count). The molecule has 5 heteroatoms. The summed E-state index contributed by atoms with van der Waals surface area (Å²) in [5.41, 5.74) is 1.17. The van der Waals surface area contributed by atoms with Crippen LogP contribution in [0.5, 0.6) is 5.75 Å². The summed E-state index contributed by atoms with van der Waals surface area (Å²) in [6.45, 7) is 2.24. The smallest absolute Gasteiger partial charge is 0.253 e. The van der Waals surface area contributed by atoms with E-state index >= 15 is 0 Å². The molecule has 1 heterocycles. The maximum Gasteiger partial charge on any atom is 0.253 e. The summed E-state index contributed by atoms with van der Waals surface area (Å²) in [7, 11) is 0. The van der Waals surface area contributed by atoms with Crippen LogP contribution in [-0.4, -0.2) is 16.9 Å². The van der Waals surface area contributed by atoms with Crippen molar-refractivity contribution < 1.29 is 13.9 Å². The van der Waals surface area contributed by atoms with E-state index in [2.05, 4.69) is 17.2 Å². The first-order valence-corrected chi connectivity index (χ1v) is 9.26. The standard InChI is InChI=1S/C21H25FN2O2/c1-15(16-7-3-2-4-8-16)24-21(25)17-11-12-18(23-13-17)14-26-20-10-6-5-9-19(20)22/h5-6,9-13,15-16H,2-4,7-8,14H2,1H3,(H,24,25). The molecule has 1 aromatic heterocycles. The molecule has 1 unspecified atom stereocenters. The molecule has 1 atom stereocenters. The predicted molar refractivity (Wildman–Crippen MR) is 98.5 cm³/mol. The highest BCUT2D eigenvalue weighted by atomic mass is 19.1. The fraction of sp³-hybridized carbons (Fsp3) is 0.429. The Morgan fingerprint density at radius 3 is 2.69 bits per heavy atom. The minimum Gasteiger partial charge on any atom is -0.484 e. The van der Waals surface area contributed by atoms with Crippen molar-refractivity contribution in [1.29, 1.82) is 0 Å². The first kappa shape index (κ1) is 18.4. The second-order valence-corrected chi connectivity index (χ2v) is 6.92. The van der Waals surface area contributed by atoms with Gasteiger partial charge < -0.3 is 10.1 Å². The zero-order valence-corrected chi connectivity index (χ0v) is 15.1. The lowest BCUT2D eigenvalue weighted by molar-refractivity contribution is 0.0919. The molecule has 1 aliphatic rings. The molecule has 1 N–H and O–H groups in total. The van der Waals surface area contributed by atoms with E-state index in [1.54, 1.807) is 36.5 Å². The Labute approximate surface area is 153 Å². The number of benzene rings is 1. The molecule has 0 spiro atoms. The van der Waals surface area contributed by atoms with Gasteiger partial charge in [0.1, 0.15) is 6.61 Å². The fourth-order valence-electron chi connectivity index (χ4n) is 3.40. The summed E-state index contributed by atoms with van der Waals surface area (Å²) in [5.74, 6) is 0.254. The van der Waals surface area contributed by atoms with Gasteiger partial charge in [-0.25, -0.2) is 4.39 Å². The largest absolute Gasteiger partial charge is 0.484 e. The molecule has 1 saturated carbocycles. The van der Waals surface area contributed by atoms with Crippen molar-refractivity contribution in [2.24, 2.45) is 5.92 Å². The van der Waals surface area contributed by atoms with Gasteiger partial charge in [0.25, 0.3) is 5.91 Å². The van der Waals surface area contributed by atoms with Crippen molar-refractivity contribution >= 4 is 5.91 Å². The lowest BCUT2D eigenvalue weighted by Crippen LogP contribution is -2.38. The van der Waals surface area contributed by atoms with Gasteiger partial charge in [0, 0.05) is 12.2 Å². The van der Waals surface area contributed by atoms with Gasteiger partial charge in [-0.1, -0.05) is 31.4 Å². The summed E-state index contributed by atoms with van der Waals surface area (Å²) < 4.78 is 19.0. The van der Waals surface area contributed by atoms with Crippen LogP contribution in [0.2, 0.25) is 0 Å². The molecule has 0 aliphatic heterocycles. The van der Waals surface area contributed by atoms with Gasteiger partial charge in [0.05, 0.1) is 11.3 Å². The third-order valence-electron chi connectivity index (χ3n) is 5.01. The van der Waals surface area contributed by atoms with Crippen LogP contribution in [0.1, 0.15) is 55.1 Å². The maximum absolute atomic E-state index is 13.5. The van der Waals surface area contributed by atoms with Crippen LogP contribution in [0.15, 0.2) is 42.6 Å². The van der Waals surface area contributed by atoms with Crippen LogP contribution in [0.25, 0.3) is 0 Å². The molecule has 1 aliphatic carbocycles. The number of amides is 1. The molecular formula is C21H25FN2O2. The Balaban J connectivity index is 1.53. The summed E-state index contributed by atoms with van der Waals surface area (Å²) in [6, 6.07) is 9.89. The molecule has 1 amide bonds. The lowest BCUT2D eigenvalue weighted by Gasteiger charge is -2.28. The van der Waals surface area contributed by atoms with E-state index < -0.39 is 5.82 Å². The number of para-hydroxylation sites is 1. The number of carbonyl (C=O) groups excluding carboxylic acids is 1. The maximum atomic E-state index is 13.5. The number of ether oxygens (including phenoxy) is 1. The summed E-state index contributed by atoms with van der Waals surface area (Å²) in [6.07, 6.45) is 7.73. The summed E-state index contributed by atoms with van der Waals surface area (Å²) in [5, 5.41) is 3.09. The lowest BCUT2D eigenvalue weighted by atomic mass is 9.84. The van der Waals surface area contributed by atoms with Gasteiger partial charge in [-0.3, -0.25) is 9.78 Å². The molecule has 0 saturated heterocycles. The summed E-state index contributed by atoms with van der Waals surface area (Å²) in [4.78, 5) is 16.7. The number of aromatic nitrogens is 1. The molecule has 2 aromatic rings. The average molecular weight is 356 g/mol. The Hall–Kier alpha value is -2.43. The van der Waals surface area contributed by atoms with Crippen molar-refractivity contribution in [3.8, 4) is 5.75 Å². The van der Waals surface area contributed by atoms with Crippen molar-refractivity contribution in [3.63, 3.8) is 0 Å². The number of hydrogen-bond acceptors (Lipinski definition) is 3. The van der Waals surface area contributed by atoms with Crippen molar-refractivity contribution in [3.05, 3.63) is 59.7 Å². The number of carbonyl (C=O) groups is 1. The summed E-state index contributed by atoms with van der Waals surface area (Å²) >= 11 is 0.